The molecule has 0 radical (unpaired) electrons. The lowest BCUT2D eigenvalue weighted by Gasteiger charge is -2.30. The number of fused-ring (bicyclic) bond motifs is 1. The smallest absolute Gasteiger partial charge is 0.268 e. The molecule has 0 aromatic carbocycles. The Labute approximate surface area is 187 Å². The molecule has 2 aromatic heterocycles. The maximum absolute atomic E-state index is 13.4. The van der Waals surface area contributed by atoms with Gasteiger partial charge in [-0.2, -0.15) is 0 Å². The summed E-state index contributed by atoms with van der Waals surface area (Å²) in [5.41, 5.74) is -3.94. The first kappa shape index (κ1) is 7.48. The van der Waals surface area contributed by atoms with Crippen LogP contribution < -0.4 is 10.9 Å². The number of carbonyl (C=O) groups excluding carboxylic acids is 1. The molecular weight excluding hydrogens is 364 g/mol. The van der Waals surface area contributed by atoms with Gasteiger partial charge < -0.3 is 15.3 Å². The van der Waals surface area contributed by atoms with E-state index in [9.17, 15) is 14.7 Å². The highest BCUT2D eigenvalue weighted by Crippen LogP contribution is 2.29. The highest BCUT2D eigenvalue weighted by Gasteiger charge is 2.24. The van der Waals surface area contributed by atoms with E-state index in [2.05, 4.69) is 4.98 Å². The van der Waals surface area contributed by atoms with Gasteiger partial charge in [0.15, 0.2) is 7.16 Å². The molecule has 2 unspecified atom stereocenters. The molecule has 3 heterocycles. The van der Waals surface area contributed by atoms with Gasteiger partial charge in [-0.25, -0.2) is 4.98 Å². The van der Waals surface area contributed by atoms with E-state index in [0.717, 1.165) is 6.92 Å². The zero-order valence-electron chi connectivity index (χ0n) is 31.4. The fraction of sp³-hybridized carbons (Fsp3) is 0.632. The predicted octanol–water partition coefficient (Wildman–Crippen LogP) is 2.60. The molecule has 8 heteroatoms. The lowest BCUT2D eigenvalue weighted by Crippen LogP contribution is -2.37. The van der Waals surface area contributed by atoms with E-state index in [1.165, 1.54) is 0 Å². The Hall–Kier alpha value is -1.93. The van der Waals surface area contributed by atoms with Gasteiger partial charge in [-0.05, 0) is 51.8 Å². The van der Waals surface area contributed by atoms with Gasteiger partial charge in [0.25, 0.3) is 11.5 Å². The Kier molecular flexibility index (Phi) is 2.32. The number of rotatable bonds is 6. The summed E-state index contributed by atoms with van der Waals surface area (Å²) in [5.74, 6) is -5.92. The number of nitrogens with zero attached hydrogens (tertiary/aromatic N) is 3. The molecule has 2 N–H and O–H groups in total. The SMILES string of the molecule is [2H]c1nc2c(O)c(C(=O)N([2H])CCC([2H])([2H])N3C([2H])([2H])C([2H])([2H])C([2H])([2H])C([2H])(C)C3([2H])[2H])c(=O)n(C([2H])(C)C([2H])([2H])[2H])c2s1. The number of aromatic nitrogens is 2. The number of hydrogen-bond acceptors (Lipinski definition) is 6. The van der Waals surface area contributed by atoms with E-state index in [1.54, 1.807) is 0 Å². The van der Waals surface area contributed by atoms with Crippen LogP contribution in [0.1, 0.15) is 78.2 Å². The second-order valence-electron chi connectivity index (χ2n) is 5.44. The second-order valence-corrected chi connectivity index (χ2v) is 6.21. The molecule has 148 valence electrons. The van der Waals surface area contributed by atoms with Crippen molar-refractivity contribution >= 4 is 27.6 Å². The van der Waals surface area contributed by atoms with Crippen molar-refractivity contribution in [1.82, 2.24) is 19.8 Å². The minimum absolute atomic E-state index is 0.0993. The first-order valence-corrected chi connectivity index (χ1v) is 8.54. The molecule has 27 heavy (non-hydrogen) atoms. The summed E-state index contributed by atoms with van der Waals surface area (Å²) < 4.78 is 138. The molecular formula is C19H28N4O3S. The second kappa shape index (κ2) is 8.39. The molecule has 1 saturated heterocycles. The van der Waals surface area contributed by atoms with Crippen LogP contribution in [0, 0.1) is 5.89 Å². The van der Waals surface area contributed by atoms with Gasteiger partial charge >= 0.3 is 0 Å². The standard InChI is InChI=1S/C19H28N4O3S/c1-12(2)23-18(26)14(16(24)15-19(23)27-11-21-15)17(25)20-7-5-9-22-8-4-6-13(3)10-22/h11-13,24H,4-10H2,1-3H3,(H,20,25)/i1D3,4D2,6D2,8D2,9D2,10D2,11D,12D,13D/hD. The number of amides is 1. The largest absolute Gasteiger partial charge is 0.505 e. The fourth-order valence-corrected chi connectivity index (χ4v) is 3.09. The molecule has 0 aliphatic carbocycles. The molecule has 2 atom stereocenters. The van der Waals surface area contributed by atoms with E-state index >= 15 is 0 Å². The van der Waals surface area contributed by atoms with Crippen LogP contribution in [-0.2, 0) is 0 Å². The predicted molar refractivity (Wildman–Crippen MR) is 108 cm³/mol. The molecule has 0 saturated carbocycles. The monoisotopic (exact) mass is 409 g/mol. The zero-order valence-corrected chi connectivity index (χ0v) is 15.2. The Morgan fingerprint density at radius 3 is 3.41 bits per heavy atom. The number of pyridine rings is 1. The number of piperidine rings is 1. The average Bonchev–Trinajstić information content (AvgIpc) is 3.21. The highest BCUT2D eigenvalue weighted by atomic mass is 32.1. The van der Waals surface area contributed by atoms with Crippen molar-refractivity contribution in [2.45, 2.75) is 45.9 Å². The third-order valence-electron chi connectivity index (χ3n) is 3.47. The summed E-state index contributed by atoms with van der Waals surface area (Å²) in [6.07, 6.45) is -8.32. The van der Waals surface area contributed by atoms with Crippen LogP contribution in [0.4, 0.5) is 0 Å². The quantitative estimate of drug-likeness (QED) is 0.766. The van der Waals surface area contributed by atoms with Crippen molar-refractivity contribution in [2.75, 3.05) is 26.0 Å². The van der Waals surface area contributed by atoms with E-state index < -0.39 is 103 Å². The lowest BCUT2D eigenvalue weighted by molar-refractivity contribution is 0.0945. The van der Waals surface area contributed by atoms with Crippen LogP contribution in [0.3, 0.4) is 0 Å². The van der Waals surface area contributed by atoms with Crippen molar-refractivity contribution < 1.29 is 33.2 Å². The van der Waals surface area contributed by atoms with Crippen LogP contribution >= 0.6 is 11.3 Å². The minimum Gasteiger partial charge on any atom is -0.505 e. The van der Waals surface area contributed by atoms with Crippen molar-refractivity contribution in [2.24, 2.45) is 5.89 Å². The van der Waals surface area contributed by atoms with E-state index in [4.69, 9.17) is 23.3 Å². The van der Waals surface area contributed by atoms with Crippen LogP contribution in [-0.4, -0.2) is 51.5 Å². The van der Waals surface area contributed by atoms with Gasteiger partial charge in [-0.15, -0.1) is 11.3 Å². The number of carbonyl (C=O) groups is 1. The molecule has 1 aliphatic heterocycles. The van der Waals surface area contributed by atoms with E-state index in [-0.39, 0.29) is 10.2 Å². The maximum atomic E-state index is 13.4. The van der Waals surface area contributed by atoms with Gasteiger partial charge in [0.2, 0.25) is 0 Å². The lowest BCUT2D eigenvalue weighted by atomic mass is 10.0. The van der Waals surface area contributed by atoms with Crippen LogP contribution in [0.5, 0.6) is 5.75 Å². The molecule has 3 rings (SSSR count). The van der Waals surface area contributed by atoms with Crippen molar-refractivity contribution in [3.8, 4) is 5.75 Å². The van der Waals surface area contributed by atoms with Crippen LogP contribution in [0.2, 0.25) is 1.41 Å². The first-order chi connectivity index (χ1) is 19.4. The maximum Gasteiger partial charge on any atom is 0.268 e. The number of hydrogen-bond donors (Lipinski definition) is 2. The molecule has 0 bridgehead atoms. The topological polar surface area (TPSA) is 87.5 Å². The van der Waals surface area contributed by atoms with Crippen LogP contribution in [0.15, 0.2) is 10.3 Å². The molecule has 7 nitrogen and oxygen atoms in total. The zero-order chi connectivity index (χ0) is 34.6. The van der Waals surface area contributed by atoms with Crippen molar-refractivity contribution in [3.63, 3.8) is 0 Å². The Bertz CT molecular complexity index is 1520. The Morgan fingerprint density at radius 2 is 2.63 bits per heavy atom. The molecule has 1 amide bonds. The van der Waals surface area contributed by atoms with E-state index in [0.29, 0.717) is 22.8 Å². The van der Waals surface area contributed by atoms with Gasteiger partial charge in [-0.3, -0.25) is 14.2 Å². The molecule has 1 aliphatic rings. The summed E-state index contributed by atoms with van der Waals surface area (Å²) in [6.45, 7) is -13.4. The van der Waals surface area contributed by atoms with Gasteiger partial charge in [0, 0.05) is 38.3 Å². The van der Waals surface area contributed by atoms with Gasteiger partial charge in [0.1, 0.15) is 15.9 Å². The van der Waals surface area contributed by atoms with Crippen LogP contribution in [0.25, 0.3) is 10.3 Å². The minimum atomic E-state index is -3.73. The third-order valence-corrected chi connectivity index (χ3v) is 4.22. The third kappa shape index (κ3) is 4.16. The summed E-state index contributed by atoms with van der Waals surface area (Å²) in [5, 5.41) is 10.6. The fourth-order valence-electron chi connectivity index (χ4n) is 2.31. The summed E-state index contributed by atoms with van der Waals surface area (Å²) >= 11 is 0.425. The average molecular weight is 410 g/mol. The number of aromatic hydroxyl groups is 1. The molecule has 2 aromatic rings. The normalized spacial score (nSPS) is 40.9. The Balaban J connectivity index is 2.08. The van der Waals surface area contributed by atoms with Gasteiger partial charge in [-0.1, -0.05) is 6.92 Å². The Morgan fingerprint density at radius 1 is 1.81 bits per heavy atom. The molecule has 1 fully saturated rings. The molecule has 0 spiro atoms. The summed E-state index contributed by atoms with van der Waals surface area (Å²) in [4.78, 5) is 29.6. The summed E-state index contributed by atoms with van der Waals surface area (Å²) in [7, 11) is 0. The number of likely N-dealkylation sites (tertiary alicyclic amines) is 1. The van der Waals surface area contributed by atoms with E-state index in [1.807, 2.05) is 0 Å². The van der Waals surface area contributed by atoms with Crippen molar-refractivity contribution in [1.29, 1.82) is 0 Å². The highest BCUT2D eigenvalue weighted by molar-refractivity contribution is 7.16. The first-order valence-electron chi connectivity index (χ1n) is 16.2. The number of nitrogens with one attached hydrogen (secondary N) is 1. The summed E-state index contributed by atoms with van der Waals surface area (Å²) in [6, 6.07) is -2.77. The van der Waals surface area contributed by atoms with Crippen molar-refractivity contribution in [3.05, 3.63) is 21.4 Å². The van der Waals surface area contributed by atoms with Gasteiger partial charge in [0.05, 0.1) is 8.23 Å². The number of thiazole rings is 1.